The first-order chi connectivity index (χ1) is 9.65. The van der Waals surface area contributed by atoms with Crippen molar-refractivity contribution in [2.75, 3.05) is 5.73 Å². The van der Waals surface area contributed by atoms with E-state index in [-0.39, 0.29) is 0 Å². The molecule has 0 aliphatic heterocycles. The molecular weight excluding hydrogens is 290 g/mol. The molecule has 0 saturated heterocycles. The normalized spacial score (nSPS) is 14.1. The molecule has 0 atom stereocenters. The van der Waals surface area contributed by atoms with Crippen LogP contribution in [0.15, 0.2) is 18.2 Å². The molecule has 3 nitrogen and oxygen atoms in total. The predicted molar refractivity (Wildman–Crippen MR) is 85.5 cm³/mol. The van der Waals surface area contributed by atoms with Gasteiger partial charge < -0.3 is 10.3 Å². The van der Waals surface area contributed by atoms with E-state index in [1.54, 1.807) is 11.3 Å². The zero-order valence-electron chi connectivity index (χ0n) is 11.1. The second kappa shape index (κ2) is 4.24. The van der Waals surface area contributed by atoms with Crippen molar-refractivity contribution in [3.8, 4) is 11.4 Å². The lowest BCUT2D eigenvalue weighted by molar-refractivity contribution is 0.910. The molecule has 1 aliphatic rings. The fourth-order valence-electron chi connectivity index (χ4n) is 3.07. The lowest BCUT2D eigenvalue weighted by Gasteiger charge is -2.04. The van der Waals surface area contributed by atoms with Crippen LogP contribution in [-0.2, 0) is 19.9 Å². The summed E-state index contributed by atoms with van der Waals surface area (Å²) < 4.78 is 2.11. The number of hydrogen-bond acceptors (Lipinski definition) is 3. The molecule has 0 radical (unpaired) electrons. The average molecular weight is 304 g/mol. The molecule has 2 N–H and O–H groups in total. The van der Waals surface area contributed by atoms with Gasteiger partial charge in [-0.25, -0.2) is 4.98 Å². The van der Waals surface area contributed by atoms with Crippen LogP contribution in [0.25, 0.3) is 22.4 Å². The number of nitrogens with two attached hydrogens (primary N) is 1. The first-order valence-electron chi connectivity index (χ1n) is 6.67. The molecule has 0 spiro atoms. The van der Waals surface area contributed by atoms with Crippen molar-refractivity contribution >= 4 is 39.0 Å². The lowest BCUT2D eigenvalue weighted by atomic mass is 10.1. The molecule has 0 amide bonds. The Morgan fingerprint density at radius 3 is 3.05 bits per heavy atom. The maximum atomic E-state index is 6.24. The van der Waals surface area contributed by atoms with E-state index < -0.39 is 0 Å². The number of thiophene rings is 1. The second-order valence-corrected chi connectivity index (χ2v) is 6.80. The highest BCUT2D eigenvalue weighted by Gasteiger charge is 2.25. The summed E-state index contributed by atoms with van der Waals surface area (Å²) in [6.07, 6.45) is 3.49. The summed E-state index contributed by atoms with van der Waals surface area (Å²) in [5.74, 6) is 0.958. The number of aromatic nitrogens is 2. The van der Waals surface area contributed by atoms with Crippen molar-refractivity contribution in [2.45, 2.75) is 19.3 Å². The standard InChI is InChI=1S/C15H14ClN3S/c1-19-11-6-5-8(16)7-10(11)18-15(19)13-9-3-2-4-12(9)20-14(13)17/h5-7H,2-4,17H2,1H3. The van der Waals surface area contributed by atoms with Gasteiger partial charge >= 0.3 is 0 Å². The SMILES string of the molecule is Cn1c(-c2c(N)sc3c2CCC3)nc2cc(Cl)ccc21. The maximum Gasteiger partial charge on any atom is 0.144 e. The van der Waals surface area contributed by atoms with Crippen LogP contribution in [-0.4, -0.2) is 9.55 Å². The quantitative estimate of drug-likeness (QED) is 0.737. The van der Waals surface area contributed by atoms with Gasteiger partial charge in [0.05, 0.1) is 21.6 Å². The number of nitrogen functional groups attached to an aromatic ring is 1. The van der Waals surface area contributed by atoms with E-state index in [2.05, 4.69) is 4.57 Å². The largest absolute Gasteiger partial charge is 0.390 e. The van der Waals surface area contributed by atoms with Gasteiger partial charge in [-0.3, -0.25) is 0 Å². The Morgan fingerprint density at radius 2 is 2.20 bits per heavy atom. The van der Waals surface area contributed by atoms with E-state index in [1.807, 2.05) is 25.2 Å². The predicted octanol–water partition coefficient (Wildman–Crippen LogP) is 4.03. The van der Waals surface area contributed by atoms with Gasteiger partial charge in [0.25, 0.3) is 0 Å². The Labute approximate surface area is 126 Å². The van der Waals surface area contributed by atoms with Gasteiger partial charge in [0.15, 0.2) is 0 Å². The van der Waals surface area contributed by atoms with Crippen LogP contribution < -0.4 is 5.73 Å². The van der Waals surface area contributed by atoms with E-state index in [4.69, 9.17) is 22.3 Å². The Kier molecular flexibility index (Phi) is 2.59. The minimum atomic E-state index is 0.714. The van der Waals surface area contributed by atoms with Crippen LogP contribution in [0.1, 0.15) is 16.9 Å². The number of aryl methyl sites for hydroxylation is 2. The summed E-state index contributed by atoms with van der Waals surface area (Å²) >= 11 is 7.78. The van der Waals surface area contributed by atoms with Crippen molar-refractivity contribution in [1.82, 2.24) is 9.55 Å². The first-order valence-corrected chi connectivity index (χ1v) is 7.87. The molecule has 4 rings (SSSR count). The molecule has 0 unspecified atom stereocenters. The molecule has 0 fully saturated rings. The summed E-state index contributed by atoms with van der Waals surface area (Å²) in [5.41, 5.74) is 10.8. The van der Waals surface area contributed by atoms with Crippen LogP contribution in [0, 0.1) is 0 Å². The number of rotatable bonds is 1. The van der Waals surface area contributed by atoms with Crippen LogP contribution >= 0.6 is 22.9 Å². The third kappa shape index (κ3) is 1.61. The minimum Gasteiger partial charge on any atom is -0.390 e. The second-order valence-electron chi connectivity index (χ2n) is 5.22. The van der Waals surface area contributed by atoms with Crippen molar-refractivity contribution in [2.24, 2.45) is 7.05 Å². The summed E-state index contributed by atoms with van der Waals surface area (Å²) in [4.78, 5) is 6.19. The molecule has 0 saturated carbocycles. The molecule has 5 heteroatoms. The van der Waals surface area contributed by atoms with E-state index >= 15 is 0 Å². The smallest absolute Gasteiger partial charge is 0.144 e. The zero-order valence-corrected chi connectivity index (χ0v) is 12.7. The Balaban J connectivity index is 2.01. The minimum absolute atomic E-state index is 0.714. The van der Waals surface area contributed by atoms with Crippen molar-refractivity contribution in [3.63, 3.8) is 0 Å². The fraction of sp³-hybridized carbons (Fsp3) is 0.267. The molecule has 1 aromatic carbocycles. The molecule has 0 bridgehead atoms. The lowest BCUT2D eigenvalue weighted by Crippen LogP contribution is -1.96. The number of nitrogens with zero attached hydrogens (tertiary/aromatic N) is 2. The van der Waals surface area contributed by atoms with Gasteiger partial charge in [-0.2, -0.15) is 0 Å². The van der Waals surface area contributed by atoms with E-state index in [0.29, 0.717) is 5.02 Å². The van der Waals surface area contributed by atoms with Crippen LogP contribution in [0.2, 0.25) is 5.02 Å². The van der Waals surface area contributed by atoms with Gasteiger partial charge in [0, 0.05) is 16.9 Å². The third-order valence-electron chi connectivity index (χ3n) is 4.02. The first kappa shape index (κ1) is 12.2. The summed E-state index contributed by atoms with van der Waals surface area (Å²) in [6.45, 7) is 0. The van der Waals surface area contributed by atoms with Gasteiger partial charge in [0.2, 0.25) is 0 Å². The molecular formula is C15H14ClN3S. The number of benzene rings is 1. The van der Waals surface area contributed by atoms with Gasteiger partial charge in [-0.05, 0) is 43.0 Å². The van der Waals surface area contributed by atoms with Gasteiger partial charge in [-0.15, -0.1) is 11.3 Å². The molecule has 2 aromatic heterocycles. The van der Waals surface area contributed by atoms with Crippen LogP contribution in [0.3, 0.4) is 0 Å². The summed E-state index contributed by atoms with van der Waals surface area (Å²) in [6, 6.07) is 5.82. The Morgan fingerprint density at radius 1 is 1.35 bits per heavy atom. The molecule has 102 valence electrons. The fourth-order valence-corrected chi connectivity index (χ4v) is 4.39. The highest BCUT2D eigenvalue weighted by Crippen LogP contribution is 2.43. The molecule has 20 heavy (non-hydrogen) atoms. The molecule has 1 aliphatic carbocycles. The highest BCUT2D eigenvalue weighted by atomic mass is 35.5. The van der Waals surface area contributed by atoms with Crippen LogP contribution in [0.5, 0.6) is 0 Å². The maximum absolute atomic E-state index is 6.24. The topological polar surface area (TPSA) is 43.8 Å². The van der Waals surface area contributed by atoms with E-state index in [0.717, 1.165) is 40.3 Å². The average Bonchev–Trinajstić information content (AvgIpc) is 3.03. The summed E-state index contributed by atoms with van der Waals surface area (Å²) in [7, 11) is 2.04. The number of imidazole rings is 1. The number of hydrogen-bond donors (Lipinski definition) is 1. The van der Waals surface area contributed by atoms with Crippen LogP contribution in [0.4, 0.5) is 5.00 Å². The van der Waals surface area contributed by atoms with E-state index in [1.165, 1.54) is 16.9 Å². The third-order valence-corrected chi connectivity index (χ3v) is 5.37. The van der Waals surface area contributed by atoms with E-state index in [9.17, 15) is 0 Å². The summed E-state index contributed by atoms with van der Waals surface area (Å²) in [5, 5.41) is 1.60. The Hall–Kier alpha value is -1.52. The van der Waals surface area contributed by atoms with Crippen molar-refractivity contribution < 1.29 is 0 Å². The number of fused-ring (bicyclic) bond motifs is 2. The van der Waals surface area contributed by atoms with Crippen molar-refractivity contribution in [3.05, 3.63) is 33.7 Å². The zero-order chi connectivity index (χ0) is 13.9. The van der Waals surface area contributed by atoms with Gasteiger partial charge in [-0.1, -0.05) is 11.6 Å². The monoisotopic (exact) mass is 303 g/mol. The molecule has 2 heterocycles. The number of anilines is 1. The highest BCUT2D eigenvalue weighted by molar-refractivity contribution is 7.16. The number of halogens is 1. The Bertz CT molecular complexity index is 831. The van der Waals surface area contributed by atoms with Gasteiger partial charge in [0.1, 0.15) is 5.82 Å². The molecule has 3 aromatic rings. The van der Waals surface area contributed by atoms with Crippen molar-refractivity contribution in [1.29, 1.82) is 0 Å².